The molecule has 2 aromatic heterocycles. The molecule has 2 heterocycles. The van der Waals surface area contributed by atoms with Crippen LogP contribution in [0.1, 0.15) is 0 Å². The van der Waals surface area contributed by atoms with Crippen molar-refractivity contribution < 1.29 is 4.79 Å². The average molecular weight is 325 g/mol. The molecule has 0 saturated carbocycles. The van der Waals surface area contributed by atoms with Gasteiger partial charge in [-0.05, 0) is 23.6 Å². The minimum Gasteiger partial charge on any atom is -0.307 e. The molecule has 3 aromatic rings. The number of benzene rings is 1. The Hall–Kier alpha value is -2.73. The van der Waals surface area contributed by atoms with Crippen LogP contribution in [0.3, 0.4) is 0 Å². The number of hydrogen-bond acceptors (Lipinski definition) is 4. The first-order valence-electron chi connectivity index (χ1n) is 7.09. The lowest BCUT2D eigenvalue weighted by atomic mass is 10.2. The van der Waals surface area contributed by atoms with Gasteiger partial charge in [0.25, 0.3) is 5.56 Å². The van der Waals surface area contributed by atoms with E-state index >= 15 is 0 Å². The molecule has 0 N–H and O–H groups in total. The fraction of sp³-hybridized carbons (Fsp3) is 0.118. The Morgan fingerprint density at radius 2 is 2.09 bits per heavy atom. The van der Waals surface area contributed by atoms with Crippen LogP contribution in [0.2, 0.25) is 0 Å². The van der Waals surface area contributed by atoms with Crippen LogP contribution >= 0.6 is 11.3 Å². The molecule has 116 valence electrons. The monoisotopic (exact) mass is 325 g/mol. The third kappa shape index (κ3) is 3.07. The van der Waals surface area contributed by atoms with Crippen molar-refractivity contribution in [3.05, 3.63) is 71.1 Å². The van der Waals surface area contributed by atoms with E-state index in [1.807, 2.05) is 35.7 Å². The summed E-state index contributed by atoms with van der Waals surface area (Å²) in [4.78, 5) is 30.8. The summed E-state index contributed by atoms with van der Waals surface area (Å²) in [7, 11) is 0. The van der Waals surface area contributed by atoms with Gasteiger partial charge in [0.15, 0.2) is 0 Å². The van der Waals surface area contributed by atoms with Gasteiger partial charge >= 0.3 is 0 Å². The predicted octanol–water partition coefficient (Wildman–Crippen LogP) is 2.68. The number of anilines is 1. The summed E-state index contributed by atoms with van der Waals surface area (Å²) >= 11 is 1.33. The summed E-state index contributed by atoms with van der Waals surface area (Å²) < 4.78 is 1.91. The van der Waals surface area contributed by atoms with E-state index in [9.17, 15) is 9.59 Å². The number of carbonyl (C=O) groups is 1. The lowest BCUT2D eigenvalue weighted by Gasteiger charge is -2.21. The van der Waals surface area contributed by atoms with Crippen LogP contribution in [0, 0.1) is 0 Å². The quantitative estimate of drug-likeness (QED) is 0.678. The highest BCUT2D eigenvalue weighted by Gasteiger charge is 2.16. The molecule has 0 fully saturated rings. The molecule has 1 aromatic carbocycles. The van der Waals surface area contributed by atoms with Crippen molar-refractivity contribution in [2.45, 2.75) is 6.54 Å². The third-order valence-electron chi connectivity index (χ3n) is 3.42. The lowest BCUT2D eigenvalue weighted by molar-refractivity contribution is -0.119. The van der Waals surface area contributed by atoms with Crippen LogP contribution in [0.4, 0.5) is 5.69 Å². The minimum absolute atomic E-state index is 0.0532. The van der Waals surface area contributed by atoms with Crippen molar-refractivity contribution in [3.63, 3.8) is 0 Å². The number of nitrogens with zero attached hydrogens (tertiary/aromatic N) is 3. The molecule has 0 radical (unpaired) electrons. The zero-order valence-electron chi connectivity index (χ0n) is 12.4. The second-order valence-corrected chi connectivity index (χ2v) is 5.86. The van der Waals surface area contributed by atoms with Gasteiger partial charge in [0, 0.05) is 12.2 Å². The van der Waals surface area contributed by atoms with E-state index in [-0.39, 0.29) is 18.0 Å². The summed E-state index contributed by atoms with van der Waals surface area (Å²) in [5.74, 6) is -0.184. The molecule has 0 aliphatic carbocycles. The number of amides is 1. The number of aromatic nitrogens is 2. The number of thiophene rings is 1. The molecular formula is C17H15N3O2S. The zero-order chi connectivity index (χ0) is 16.2. The molecule has 0 spiro atoms. The molecule has 0 aliphatic rings. The average Bonchev–Trinajstić information content (AvgIpc) is 3.05. The van der Waals surface area contributed by atoms with Crippen LogP contribution in [0.15, 0.2) is 65.6 Å². The number of hydrogen-bond donors (Lipinski definition) is 0. The SMILES string of the molecule is C=CCN(C(=O)Cn1cnc2ccsc2c1=O)c1ccccc1. The third-order valence-corrected chi connectivity index (χ3v) is 4.31. The smallest absolute Gasteiger partial charge is 0.271 e. The van der Waals surface area contributed by atoms with Gasteiger partial charge in [-0.2, -0.15) is 0 Å². The maximum atomic E-state index is 12.6. The van der Waals surface area contributed by atoms with E-state index in [0.29, 0.717) is 16.8 Å². The van der Waals surface area contributed by atoms with Gasteiger partial charge in [0.05, 0.1) is 11.8 Å². The van der Waals surface area contributed by atoms with Crippen molar-refractivity contribution in [1.82, 2.24) is 9.55 Å². The minimum atomic E-state index is -0.190. The molecule has 3 rings (SSSR count). The van der Waals surface area contributed by atoms with Crippen LogP contribution in [0.25, 0.3) is 10.2 Å². The Balaban J connectivity index is 1.90. The second-order valence-electron chi connectivity index (χ2n) is 4.94. The van der Waals surface area contributed by atoms with E-state index in [1.165, 1.54) is 22.2 Å². The van der Waals surface area contributed by atoms with Gasteiger partial charge in [-0.15, -0.1) is 17.9 Å². The van der Waals surface area contributed by atoms with Gasteiger partial charge in [0.1, 0.15) is 11.2 Å². The van der Waals surface area contributed by atoms with E-state index in [0.717, 1.165) is 5.69 Å². The number of rotatable bonds is 5. The highest BCUT2D eigenvalue weighted by molar-refractivity contribution is 7.17. The van der Waals surface area contributed by atoms with Crippen LogP contribution in [0.5, 0.6) is 0 Å². The van der Waals surface area contributed by atoms with Crippen molar-refractivity contribution in [1.29, 1.82) is 0 Å². The molecule has 0 unspecified atom stereocenters. The molecule has 0 bridgehead atoms. The topological polar surface area (TPSA) is 55.2 Å². The molecular weight excluding hydrogens is 310 g/mol. The fourth-order valence-corrected chi connectivity index (χ4v) is 3.10. The Morgan fingerprint density at radius 1 is 1.30 bits per heavy atom. The van der Waals surface area contributed by atoms with Gasteiger partial charge in [-0.3, -0.25) is 14.2 Å². The Bertz CT molecular complexity index is 899. The van der Waals surface area contributed by atoms with Gasteiger partial charge < -0.3 is 4.90 Å². The normalized spacial score (nSPS) is 10.6. The van der Waals surface area contributed by atoms with Crippen LogP contribution < -0.4 is 10.5 Å². The molecule has 0 aliphatic heterocycles. The van der Waals surface area contributed by atoms with E-state index < -0.39 is 0 Å². The van der Waals surface area contributed by atoms with Gasteiger partial charge in [-0.1, -0.05) is 24.3 Å². The fourth-order valence-electron chi connectivity index (χ4n) is 2.31. The molecule has 0 atom stereocenters. The first-order valence-corrected chi connectivity index (χ1v) is 7.97. The summed E-state index contributed by atoms with van der Waals surface area (Å²) in [6.45, 7) is 4.02. The Kier molecular flexibility index (Phi) is 4.34. The number of para-hydroxylation sites is 1. The molecule has 5 nitrogen and oxygen atoms in total. The molecule has 1 amide bonds. The lowest BCUT2D eigenvalue weighted by Crippen LogP contribution is -2.36. The maximum absolute atomic E-state index is 12.6. The van der Waals surface area contributed by atoms with E-state index in [2.05, 4.69) is 11.6 Å². The van der Waals surface area contributed by atoms with Crippen molar-refractivity contribution in [2.75, 3.05) is 11.4 Å². The largest absolute Gasteiger partial charge is 0.307 e. The highest BCUT2D eigenvalue weighted by atomic mass is 32.1. The van der Waals surface area contributed by atoms with E-state index in [1.54, 1.807) is 17.0 Å². The number of fused-ring (bicyclic) bond motifs is 1. The highest BCUT2D eigenvalue weighted by Crippen LogP contribution is 2.15. The van der Waals surface area contributed by atoms with Crippen molar-refractivity contribution in [3.8, 4) is 0 Å². The number of carbonyl (C=O) groups excluding carboxylic acids is 1. The van der Waals surface area contributed by atoms with Crippen molar-refractivity contribution in [2.24, 2.45) is 0 Å². The van der Waals surface area contributed by atoms with Gasteiger partial charge in [0.2, 0.25) is 5.91 Å². The molecule has 6 heteroatoms. The van der Waals surface area contributed by atoms with Crippen molar-refractivity contribution >= 4 is 33.1 Å². The predicted molar refractivity (Wildman–Crippen MR) is 92.9 cm³/mol. The van der Waals surface area contributed by atoms with Crippen LogP contribution in [-0.2, 0) is 11.3 Å². The maximum Gasteiger partial charge on any atom is 0.271 e. The molecule has 0 saturated heterocycles. The Morgan fingerprint density at radius 3 is 2.83 bits per heavy atom. The summed E-state index contributed by atoms with van der Waals surface area (Å²) in [5.41, 5.74) is 1.25. The Labute approximate surface area is 137 Å². The first-order chi connectivity index (χ1) is 11.2. The first kappa shape index (κ1) is 15.2. The second kappa shape index (κ2) is 6.58. The van der Waals surface area contributed by atoms with Crippen LogP contribution in [-0.4, -0.2) is 22.0 Å². The molecule has 23 heavy (non-hydrogen) atoms. The van der Waals surface area contributed by atoms with E-state index in [4.69, 9.17) is 0 Å². The standard InChI is InChI=1S/C17H15N3O2S/c1-2-9-20(13-6-4-3-5-7-13)15(21)11-19-12-18-14-8-10-23-16(14)17(19)22/h2-8,10,12H,1,9,11H2. The zero-order valence-corrected chi connectivity index (χ0v) is 13.2. The summed E-state index contributed by atoms with van der Waals surface area (Å²) in [6, 6.07) is 11.1. The summed E-state index contributed by atoms with van der Waals surface area (Å²) in [5, 5.41) is 1.82. The van der Waals surface area contributed by atoms with Gasteiger partial charge in [-0.25, -0.2) is 4.98 Å². The summed E-state index contributed by atoms with van der Waals surface area (Å²) in [6.07, 6.45) is 3.08.